The Balaban J connectivity index is 2.37. The topological polar surface area (TPSA) is 39.9 Å². The van der Waals surface area contributed by atoms with Gasteiger partial charge >= 0.3 is 0 Å². The lowest BCUT2D eigenvalue weighted by atomic mass is 10.2. The second-order valence-corrected chi connectivity index (χ2v) is 3.49. The van der Waals surface area contributed by atoms with Crippen molar-refractivity contribution in [3.63, 3.8) is 0 Å². The Bertz CT molecular complexity index is 302. The van der Waals surface area contributed by atoms with Crippen LogP contribution in [-0.2, 0) is 6.54 Å². The van der Waals surface area contributed by atoms with E-state index in [0.29, 0.717) is 6.42 Å². The molecule has 0 amide bonds. The quantitative estimate of drug-likeness (QED) is 0.665. The molecule has 0 unspecified atom stereocenters. The minimum atomic E-state index is 0.646. The van der Waals surface area contributed by atoms with Gasteiger partial charge in [-0.05, 0) is 37.2 Å². The molecule has 0 aliphatic rings. The zero-order valence-corrected chi connectivity index (χ0v) is 9.19. The smallest absolute Gasteiger partial charge is 0.0622 e. The summed E-state index contributed by atoms with van der Waals surface area (Å²) >= 11 is 0. The molecule has 0 aromatic carbocycles. The summed E-state index contributed by atoms with van der Waals surface area (Å²) in [7, 11) is 0. The van der Waals surface area contributed by atoms with Gasteiger partial charge in [-0.15, -0.1) is 0 Å². The van der Waals surface area contributed by atoms with Gasteiger partial charge in [-0.2, -0.15) is 5.26 Å². The zero-order valence-electron chi connectivity index (χ0n) is 9.19. The normalized spacial score (nSPS) is 10.2. The predicted octanol–water partition coefficient (Wildman–Crippen LogP) is 2.21. The molecule has 1 aromatic heterocycles. The first kappa shape index (κ1) is 11.7. The molecule has 15 heavy (non-hydrogen) atoms. The van der Waals surface area contributed by atoms with Crippen molar-refractivity contribution in [1.82, 2.24) is 9.88 Å². The van der Waals surface area contributed by atoms with Gasteiger partial charge in [-0.3, -0.25) is 9.88 Å². The molecule has 0 aliphatic carbocycles. The summed E-state index contributed by atoms with van der Waals surface area (Å²) < 4.78 is 0. The van der Waals surface area contributed by atoms with E-state index < -0.39 is 0 Å². The van der Waals surface area contributed by atoms with Crippen LogP contribution in [0.15, 0.2) is 24.5 Å². The molecule has 3 heteroatoms. The standard InChI is InChI=1S/C12H17N3/c1-2-15(10-4-3-7-13)11-12-5-8-14-9-6-12/h5-6,8-9H,2-4,10-11H2,1H3. The molecule has 0 aliphatic heterocycles. The number of nitrogens with zero attached hydrogens (tertiary/aromatic N) is 3. The van der Waals surface area contributed by atoms with Crippen molar-refractivity contribution >= 4 is 0 Å². The molecule has 0 fully saturated rings. The fourth-order valence-electron chi connectivity index (χ4n) is 1.48. The van der Waals surface area contributed by atoms with Crippen molar-refractivity contribution in [3.8, 4) is 6.07 Å². The molecule has 80 valence electrons. The van der Waals surface area contributed by atoms with E-state index in [1.807, 2.05) is 24.5 Å². The van der Waals surface area contributed by atoms with Gasteiger partial charge in [0, 0.05) is 25.4 Å². The summed E-state index contributed by atoms with van der Waals surface area (Å²) in [5.74, 6) is 0. The third kappa shape index (κ3) is 4.57. The second kappa shape index (κ2) is 6.97. The number of unbranched alkanes of at least 4 members (excludes halogenated alkanes) is 1. The van der Waals surface area contributed by atoms with Crippen molar-refractivity contribution in [2.45, 2.75) is 26.3 Å². The first-order chi connectivity index (χ1) is 7.36. The number of rotatable bonds is 6. The third-order valence-corrected chi connectivity index (χ3v) is 2.37. The molecule has 0 N–H and O–H groups in total. The molecule has 3 nitrogen and oxygen atoms in total. The zero-order chi connectivity index (χ0) is 10.9. The van der Waals surface area contributed by atoms with E-state index in [0.717, 1.165) is 26.1 Å². The van der Waals surface area contributed by atoms with Crippen LogP contribution in [0.3, 0.4) is 0 Å². The van der Waals surface area contributed by atoms with Gasteiger partial charge in [-0.25, -0.2) is 0 Å². The number of aromatic nitrogens is 1. The van der Waals surface area contributed by atoms with Crippen LogP contribution in [0.5, 0.6) is 0 Å². The Morgan fingerprint density at radius 2 is 2.13 bits per heavy atom. The Hall–Kier alpha value is -1.40. The molecule has 0 radical (unpaired) electrons. The summed E-state index contributed by atoms with van der Waals surface area (Å²) in [6, 6.07) is 6.24. The van der Waals surface area contributed by atoms with Gasteiger partial charge in [0.1, 0.15) is 0 Å². The second-order valence-electron chi connectivity index (χ2n) is 3.49. The Morgan fingerprint density at radius 3 is 2.73 bits per heavy atom. The number of pyridine rings is 1. The molecular formula is C12H17N3. The molecule has 0 atom stereocenters. The lowest BCUT2D eigenvalue weighted by molar-refractivity contribution is 0.277. The van der Waals surface area contributed by atoms with Crippen LogP contribution in [0.25, 0.3) is 0 Å². The Labute approximate surface area is 91.4 Å². The van der Waals surface area contributed by atoms with Crippen LogP contribution in [0.4, 0.5) is 0 Å². The van der Waals surface area contributed by atoms with E-state index in [1.165, 1.54) is 5.56 Å². The highest BCUT2D eigenvalue weighted by Gasteiger charge is 2.02. The van der Waals surface area contributed by atoms with Crippen LogP contribution in [-0.4, -0.2) is 23.0 Å². The highest BCUT2D eigenvalue weighted by atomic mass is 15.1. The van der Waals surface area contributed by atoms with Gasteiger partial charge in [0.25, 0.3) is 0 Å². The minimum Gasteiger partial charge on any atom is -0.299 e. The van der Waals surface area contributed by atoms with Gasteiger partial charge in [-0.1, -0.05) is 6.92 Å². The van der Waals surface area contributed by atoms with Crippen molar-refractivity contribution in [2.75, 3.05) is 13.1 Å². The van der Waals surface area contributed by atoms with Gasteiger partial charge in [0.05, 0.1) is 6.07 Å². The van der Waals surface area contributed by atoms with E-state index in [1.54, 1.807) is 0 Å². The molecule has 0 spiro atoms. The highest BCUT2D eigenvalue weighted by Crippen LogP contribution is 2.04. The lowest BCUT2D eigenvalue weighted by Gasteiger charge is -2.19. The highest BCUT2D eigenvalue weighted by molar-refractivity contribution is 5.09. The molecule has 1 aromatic rings. The molecule has 1 rings (SSSR count). The maximum absolute atomic E-state index is 8.46. The number of hydrogen-bond acceptors (Lipinski definition) is 3. The monoisotopic (exact) mass is 203 g/mol. The van der Waals surface area contributed by atoms with Crippen molar-refractivity contribution in [2.24, 2.45) is 0 Å². The first-order valence-electron chi connectivity index (χ1n) is 5.35. The molecule has 1 heterocycles. The van der Waals surface area contributed by atoms with Crippen LogP contribution in [0.1, 0.15) is 25.3 Å². The van der Waals surface area contributed by atoms with Crippen molar-refractivity contribution in [3.05, 3.63) is 30.1 Å². The number of hydrogen-bond donors (Lipinski definition) is 0. The average molecular weight is 203 g/mol. The Morgan fingerprint density at radius 1 is 1.40 bits per heavy atom. The Kier molecular flexibility index (Phi) is 5.42. The maximum atomic E-state index is 8.46. The van der Waals surface area contributed by atoms with Crippen molar-refractivity contribution < 1.29 is 0 Å². The number of nitriles is 1. The van der Waals surface area contributed by atoms with Crippen LogP contribution >= 0.6 is 0 Å². The summed E-state index contributed by atoms with van der Waals surface area (Å²) in [5, 5.41) is 8.46. The molecular weight excluding hydrogens is 186 g/mol. The predicted molar refractivity (Wildman–Crippen MR) is 60.0 cm³/mol. The maximum Gasteiger partial charge on any atom is 0.0622 e. The largest absolute Gasteiger partial charge is 0.299 e. The summed E-state index contributed by atoms with van der Waals surface area (Å²) in [5.41, 5.74) is 1.28. The fourth-order valence-corrected chi connectivity index (χ4v) is 1.48. The van der Waals surface area contributed by atoms with E-state index >= 15 is 0 Å². The molecule has 0 saturated heterocycles. The van der Waals surface area contributed by atoms with Crippen LogP contribution < -0.4 is 0 Å². The van der Waals surface area contributed by atoms with E-state index in [2.05, 4.69) is 22.9 Å². The van der Waals surface area contributed by atoms with E-state index in [9.17, 15) is 0 Å². The van der Waals surface area contributed by atoms with Gasteiger partial charge in [0.2, 0.25) is 0 Å². The average Bonchev–Trinajstić information content (AvgIpc) is 2.29. The van der Waals surface area contributed by atoms with Gasteiger partial charge < -0.3 is 0 Å². The minimum absolute atomic E-state index is 0.646. The first-order valence-corrected chi connectivity index (χ1v) is 5.35. The summed E-state index contributed by atoms with van der Waals surface area (Å²) in [6.07, 6.45) is 5.24. The third-order valence-electron chi connectivity index (χ3n) is 2.37. The van der Waals surface area contributed by atoms with E-state index in [4.69, 9.17) is 5.26 Å². The molecule has 0 bridgehead atoms. The van der Waals surface area contributed by atoms with Gasteiger partial charge in [0.15, 0.2) is 0 Å². The van der Waals surface area contributed by atoms with E-state index in [-0.39, 0.29) is 0 Å². The fraction of sp³-hybridized carbons (Fsp3) is 0.500. The molecule has 0 saturated carbocycles. The van der Waals surface area contributed by atoms with Crippen molar-refractivity contribution in [1.29, 1.82) is 5.26 Å². The lowest BCUT2D eigenvalue weighted by Crippen LogP contribution is -2.23. The van der Waals surface area contributed by atoms with Crippen LogP contribution in [0, 0.1) is 11.3 Å². The summed E-state index contributed by atoms with van der Waals surface area (Å²) in [4.78, 5) is 6.33. The van der Waals surface area contributed by atoms with Crippen LogP contribution in [0.2, 0.25) is 0 Å². The summed E-state index contributed by atoms with van der Waals surface area (Å²) in [6.45, 7) is 5.11. The SMILES string of the molecule is CCN(CCCC#N)Cc1ccncc1.